The number of nitrogens with zero attached hydrogens (tertiary/aromatic N) is 2. The molecular weight excluding hydrogens is 290 g/mol. The summed E-state index contributed by atoms with van der Waals surface area (Å²) in [4.78, 5) is 0. The van der Waals surface area contributed by atoms with E-state index in [1.165, 1.54) is 24.0 Å². The van der Waals surface area contributed by atoms with Crippen LogP contribution in [0.2, 0.25) is 0 Å². The summed E-state index contributed by atoms with van der Waals surface area (Å²) >= 11 is 3.65. The van der Waals surface area contributed by atoms with Crippen molar-refractivity contribution in [2.24, 2.45) is 0 Å². The van der Waals surface area contributed by atoms with Crippen LogP contribution in [0.4, 0.5) is 0 Å². The van der Waals surface area contributed by atoms with Crippen LogP contribution in [0.1, 0.15) is 24.0 Å². The van der Waals surface area contributed by atoms with Gasteiger partial charge in [-0.15, -0.1) is 0 Å². The lowest BCUT2D eigenvalue weighted by Crippen LogP contribution is -2.15. The Hall–Kier alpha value is -1.13. The molecule has 3 nitrogen and oxygen atoms in total. The third-order valence-electron chi connectivity index (χ3n) is 3.18. The van der Waals surface area contributed by atoms with E-state index in [-0.39, 0.29) is 0 Å². The third-order valence-corrected chi connectivity index (χ3v) is 3.92. The van der Waals surface area contributed by atoms with Gasteiger partial charge in [0.05, 0.1) is 6.54 Å². The number of aromatic nitrogens is 2. The fraction of sp³-hybridized carbons (Fsp3) is 0.357. The summed E-state index contributed by atoms with van der Waals surface area (Å²) in [5, 5.41) is 7.75. The largest absolute Gasteiger partial charge is 0.310 e. The average molecular weight is 306 g/mol. The molecule has 1 aliphatic carbocycles. The van der Waals surface area contributed by atoms with Crippen molar-refractivity contribution in [2.75, 3.05) is 0 Å². The van der Waals surface area contributed by atoms with E-state index in [9.17, 15) is 0 Å². The topological polar surface area (TPSA) is 29.9 Å². The Morgan fingerprint density at radius 3 is 2.94 bits per heavy atom. The predicted molar refractivity (Wildman–Crippen MR) is 75.3 cm³/mol. The molecule has 0 aliphatic heterocycles. The molecule has 1 saturated carbocycles. The van der Waals surface area contributed by atoms with E-state index in [1.807, 2.05) is 23.1 Å². The SMILES string of the molecule is Brc1cc(CNC2CC2)ccc1Cn1cccn1. The third kappa shape index (κ3) is 3.00. The van der Waals surface area contributed by atoms with Crippen LogP contribution in [0.3, 0.4) is 0 Å². The molecule has 4 heteroatoms. The normalized spacial score (nSPS) is 14.9. The van der Waals surface area contributed by atoms with Crippen LogP contribution in [0.5, 0.6) is 0 Å². The molecule has 94 valence electrons. The van der Waals surface area contributed by atoms with Gasteiger partial charge in [0, 0.05) is 29.5 Å². The van der Waals surface area contributed by atoms with Gasteiger partial charge >= 0.3 is 0 Å². The van der Waals surface area contributed by atoms with Gasteiger partial charge in [0.15, 0.2) is 0 Å². The summed E-state index contributed by atoms with van der Waals surface area (Å²) in [5.41, 5.74) is 2.59. The Kier molecular flexibility index (Phi) is 3.48. The number of hydrogen-bond donors (Lipinski definition) is 1. The first kappa shape index (κ1) is 11.9. The lowest BCUT2D eigenvalue weighted by Gasteiger charge is -2.08. The first-order valence-electron chi connectivity index (χ1n) is 6.29. The molecule has 0 unspecified atom stereocenters. The maximum Gasteiger partial charge on any atom is 0.0670 e. The van der Waals surface area contributed by atoms with Gasteiger partial charge in [-0.25, -0.2) is 0 Å². The Morgan fingerprint density at radius 1 is 1.39 bits per heavy atom. The van der Waals surface area contributed by atoms with Gasteiger partial charge < -0.3 is 5.32 Å². The fourth-order valence-corrected chi connectivity index (χ4v) is 2.50. The standard InChI is InChI=1S/C14H16BrN3/c15-14-8-11(9-16-13-4-5-13)2-3-12(14)10-18-7-1-6-17-18/h1-3,6-8,13,16H,4-5,9-10H2. The number of hydrogen-bond acceptors (Lipinski definition) is 2. The van der Waals surface area contributed by atoms with Crippen LogP contribution in [0.15, 0.2) is 41.1 Å². The predicted octanol–water partition coefficient (Wildman–Crippen LogP) is 2.95. The maximum absolute atomic E-state index is 4.23. The molecule has 1 aromatic carbocycles. The summed E-state index contributed by atoms with van der Waals surface area (Å²) in [6, 6.07) is 9.28. The second-order valence-corrected chi connectivity index (χ2v) is 5.64. The molecule has 0 radical (unpaired) electrons. The molecular formula is C14H16BrN3. The van der Waals surface area contributed by atoms with Crippen molar-refractivity contribution in [3.05, 3.63) is 52.3 Å². The molecule has 0 spiro atoms. The van der Waals surface area contributed by atoms with Crippen molar-refractivity contribution in [1.82, 2.24) is 15.1 Å². The zero-order chi connectivity index (χ0) is 12.4. The van der Waals surface area contributed by atoms with Crippen molar-refractivity contribution in [3.8, 4) is 0 Å². The summed E-state index contributed by atoms with van der Waals surface area (Å²) in [6.45, 7) is 1.77. The second kappa shape index (κ2) is 5.24. The molecule has 0 atom stereocenters. The van der Waals surface area contributed by atoms with Crippen LogP contribution < -0.4 is 5.32 Å². The van der Waals surface area contributed by atoms with E-state index in [0.717, 1.165) is 23.6 Å². The van der Waals surface area contributed by atoms with Crippen molar-refractivity contribution in [1.29, 1.82) is 0 Å². The van der Waals surface area contributed by atoms with E-state index < -0.39 is 0 Å². The van der Waals surface area contributed by atoms with Crippen LogP contribution in [0, 0.1) is 0 Å². The fourth-order valence-electron chi connectivity index (χ4n) is 1.95. The van der Waals surface area contributed by atoms with Gasteiger partial charge in [-0.3, -0.25) is 4.68 Å². The highest BCUT2D eigenvalue weighted by molar-refractivity contribution is 9.10. The molecule has 1 aliphatic rings. The lowest BCUT2D eigenvalue weighted by molar-refractivity contribution is 0.678. The van der Waals surface area contributed by atoms with Gasteiger partial charge in [-0.2, -0.15) is 5.10 Å². The molecule has 3 rings (SSSR count). The van der Waals surface area contributed by atoms with E-state index in [1.54, 1.807) is 0 Å². The second-order valence-electron chi connectivity index (χ2n) is 4.78. The smallest absolute Gasteiger partial charge is 0.0670 e. The van der Waals surface area contributed by atoms with Crippen molar-refractivity contribution < 1.29 is 0 Å². The highest BCUT2D eigenvalue weighted by Crippen LogP contribution is 2.22. The number of nitrogens with one attached hydrogen (secondary N) is 1. The van der Waals surface area contributed by atoms with Crippen molar-refractivity contribution >= 4 is 15.9 Å². The Bertz CT molecular complexity index is 518. The first-order chi connectivity index (χ1) is 8.81. The minimum absolute atomic E-state index is 0.757. The van der Waals surface area contributed by atoms with Gasteiger partial charge in [0.1, 0.15) is 0 Å². The molecule has 0 bridgehead atoms. The molecule has 1 N–H and O–H groups in total. The van der Waals surface area contributed by atoms with Crippen LogP contribution in [-0.4, -0.2) is 15.8 Å². The summed E-state index contributed by atoms with van der Waals surface area (Å²) in [7, 11) is 0. The summed E-state index contributed by atoms with van der Waals surface area (Å²) < 4.78 is 3.09. The van der Waals surface area contributed by atoms with Gasteiger partial charge in [-0.1, -0.05) is 28.1 Å². The zero-order valence-electron chi connectivity index (χ0n) is 10.1. The number of benzene rings is 1. The van der Waals surface area contributed by atoms with E-state index >= 15 is 0 Å². The Balaban J connectivity index is 1.67. The Morgan fingerprint density at radius 2 is 2.28 bits per heavy atom. The van der Waals surface area contributed by atoms with E-state index in [4.69, 9.17) is 0 Å². The number of halogens is 1. The van der Waals surface area contributed by atoms with Crippen molar-refractivity contribution in [3.63, 3.8) is 0 Å². The van der Waals surface area contributed by atoms with Crippen LogP contribution >= 0.6 is 15.9 Å². The molecule has 1 heterocycles. The van der Waals surface area contributed by atoms with Gasteiger partial charge in [0.25, 0.3) is 0 Å². The molecule has 2 aromatic rings. The van der Waals surface area contributed by atoms with Gasteiger partial charge in [-0.05, 0) is 36.1 Å². The summed E-state index contributed by atoms with van der Waals surface area (Å²) in [5.74, 6) is 0. The van der Waals surface area contributed by atoms with Crippen molar-refractivity contribution in [2.45, 2.75) is 32.0 Å². The highest BCUT2D eigenvalue weighted by Gasteiger charge is 2.19. The highest BCUT2D eigenvalue weighted by atomic mass is 79.9. The maximum atomic E-state index is 4.23. The average Bonchev–Trinajstić information content (AvgIpc) is 3.06. The van der Waals surface area contributed by atoms with Gasteiger partial charge in [0.2, 0.25) is 0 Å². The first-order valence-corrected chi connectivity index (χ1v) is 7.09. The Labute approximate surface area is 115 Å². The van der Waals surface area contributed by atoms with E-state index in [2.05, 4.69) is 44.5 Å². The molecule has 0 saturated heterocycles. The van der Waals surface area contributed by atoms with Crippen LogP contribution in [-0.2, 0) is 13.1 Å². The lowest BCUT2D eigenvalue weighted by atomic mass is 10.1. The monoisotopic (exact) mass is 305 g/mol. The zero-order valence-corrected chi connectivity index (χ0v) is 11.7. The number of rotatable bonds is 5. The summed E-state index contributed by atoms with van der Waals surface area (Å²) in [6.07, 6.45) is 6.45. The molecule has 0 amide bonds. The molecule has 1 aromatic heterocycles. The molecule has 18 heavy (non-hydrogen) atoms. The van der Waals surface area contributed by atoms with E-state index in [0.29, 0.717) is 0 Å². The minimum atomic E-state index is 0.757. The van der Waals surface area contributed by atoms with Crippen LogP contribution in [0.25, 0.3) is 0 Å². The quantitative estimate of drug-likeness (QED) is 0.920. The minimum Gasteiger partial charge on any atom is -0.310 e. The molecule has 1 fully saturated rings.